The monoisotopic (exact) mass is 225 g/mol. The lowest BCUT2D eigenvalue weighted by Crippen LogP contribution is -2.34. The van der Waals surface area contributed by atoms with Crippen LogP contribution in [0.3, 0.4) is 0 Å². The summed E-state index contributed by atoms with van der Waals surface area (Å²) in [4.78, 5) is 22.1. The van der Waals surface area contributed by atoms with E-state index in [1.807, 2.05) is 20.8 Å². The molecule has 1 unspecified atom stereocenters. The maximum atomic E-state index is 11.2. The van der Waals surface area contributed by atoms with E-state index in [4.69, 9.17) is 5.11 Å². The molecule has 0 aromatic heterocycles. The highest BCUT2D eigenvalue weighted by molar-refractivity contribution is 5.88. The molecule has 0 saturated heterocycles. The van der Waals surface area contributed by atoms with Gasteiger partial charge < -0.3 is 10.4 Å². The smallest absolute Gasteiger partial charge is 0.308 e. The molecule has 90 valence electrons. The van der Waals surface area contributed by atoms with E-state index in [0.29, 0.717) is 0 Å². The molecule has 0 aliphatic carbocycles. The number of carboxylic acid groups (broad SMARTS) is 1. The maximum Gasteiger partial charge on any atom is 0.308 e. The Labute approximate surface area is 96.0 Å². The van der Waals surface area contributed by atoms with Gasteiger partial charge in [-0.1, -0.05) is 32.1 Å². The number of aliphatic carboxylic acids is 1. The first kappa shape index (κ1) is 14.4. The summed E-state index contributed by atoms with van der Waals surface area (Å²) in [6, 6.07) is 0. The first-order chi connectivity index (χ1) is 7.49. The number of hydrogen-bond acceptors (Lipinski definition) is 2. The second-order valence-electron chi connectivity index (χ2n) is 3.82. The summed E-state index contributed by atoms with van der Waals surface area (Å²) < 4.78 is 0. The average molecular weight is 225 g/mol. The van der Waals surface area contributed by atoms with Gasteiger partial charge in [0.2, 0.25) is 5.91 Å². The lowest BCUT2D eigenvalue weighted by molar-refractivity contribution is -0.143. The van der Waals surface area contributed by atoms with Crippen molar-refractivity contribution in [2.45, 2.75) is 20.8 Å². The molecule has 0 heterocycles. The summed E-state index contributed by atoms with van der Waals surface area (Å²) in [5.41, 5.74) is 0. The molecule has 0 saturated carbocycles. The van der Waals surface area contributed by atoms with Crippen molar-refractivity contribution in [2.24, 2.45) is 11.8 Å². The molecule has 0 rings (SSSR count). The molecule has 4 heteroatoms. The zero-order valence-electron chi connectivity index (χ0n) is 9.93. The van der Waals surface area contributed by atoms with Crippen LogP contribution in [0.5, 0.6) is 0 Å². The zero-order chi connectivity index (χ0) is 12.6. The molecule has 1 amide bonds. The maximum absolute atomic E-state index is 11.2. The van der Waals surface area contributed by atoms with E-state index in [1.54, 1.807) is 18.2 Å². The van der Waals surface area contributed by atoms with Gasteiger partial charge in [0.25, 0.3) is 0 Å². The Kier molecular flexibility index (Phi) is 6.92. The fourth-order valence-corrected chi connectivity index (χ4v) is 1.13. The number of hydrogen-bond donors (Lipinski definition) is 2. The molecule has 4 nitrogen and oxygen atoms in total. The number of amides is 1. The molecule has 2 N–H and O–H groups in total. The lowest BCUT2D eigenvalue weighted by atomic mass is 9.96. The Bertz CT molecular complexity index is 293. The minimum Gasteiger partial charge on any atom is -0.481 e. The number of carbonyl (C=O) groups is 2. The third-order valence-corrected chi connectivity index (χ3v) is 2.17. The number of rotatable bonds is 6. The van der Waals surface area contributed by atoms with Gasteiger partial charge in [-0.15, -0.1) is 0 Å². The molecule has 0 spiro atoms. The Morgan fingerprint density at radius 2 is 1.94 bits per heavy atom. The van der Waals surface area contributed by atoms with E-state index in [9.17, 15) is 9.59 Å². The second-order valence-corrected chi connectivity index (χ2v) is 3.82. The van der Waals surface area contributed by atoms with Gasteiger partial charge in [-0.05, 0) is 12.8 Å². The van der Waals surface area contributed by atoms with Crippen molar-refractivity contribution < 1.29 is 14.7 Å². The predicted octanol–water partition coefficient (Wildman–Crippen LogP) is 1.59. The highest BCUT2D eigenvalue weighted by Gasteiger charge is 2.21. The van der Waals surface area contributed by atoms with E-state index in [2.05, 4.69) is 5.32 Å². The van der Waals surface area contributed by atoms with E-state index in [-0.39, 0.29) is 18.4 Å². The zero-order valence-corrected chi connectivity index (χ0v) is 9.93. The second kappa shape index (κ2) is 7.68. The first-order valence-electron chi connectivity index (χ1n) is 5.29. The van der Waals surface area contributed by atoms with Gasteiger partial charge in [-0.2, -0.15) is 0 Å². The van der Waals surface area contributed by atoms with Crippen molar-refractivity contribution in [2.75, 3.05) is 6.54 Å². The van der Waals surface area contributed by atoms with E-state index >= 15 is 0 Å². The highest BCUT2D eigenvalue weighted by atomic mass is 16.4. The molecule has 0 radical (unpaired) electrons. The van der Waals surface area contributed by atoms with Crippen LogP contribution in [0.25, 0.3) is 0 Å². The van der Waals surface area contributed by atoms with Crippen LogP contribution in [-0.4, -0.2) is 23.5 Å². The van der Waals surface area contributed by atoms with Gasteiger partial charge in [0.05, 0.1) is 5.92 Å². The first-order valence-corrected chi connectivity index (χ1v) is 5.29. The molecule has 16 heavy (non-hydrogen) atoms. The molecule has 1 atom stereocenters. The SMILES string of the molecule is CC=CC=CC(=O)NCC(C(=O)O)C(C)C. The molecule has 0 bridgehead atoms. The summed E-state index contributed by atoms with van der Waals surface area (Å²) in [6.07, 6.45) is 6.52. The quantitative estimate of drug-likeness (QED) is 0.533. The van der Waals surface area contributed by atoms with E-state index in [0.717, 1.165) is 0 Å². The summed E-state index contributed by atoms with van der Waals surface area (Å²) >= 11 is 0. The molecular formula is C12H19NO3. The van der Waals surface area contributed by atoms with Gasteiger partial charge in [0.15, 0.2) is 0 Å². The summed E-state index contributed by atoms with van der Waals surface area (Å²) in [7, 11) is 0. The van der Waals surface area contributed by atoms with Crippen molar-refractivity contribution in [1.82, 2.24) is 5.32 Å². The molecule has 0 aliphatic rings. The van der Waals surface area contributed by atoms with Crippen molar-refractivity contribution in [1.29, 1.82) is 0 Å². The molecule has 0 aromatic carbocycles. The van der Waals surface area contributed by atoms with E-state index in [1.165, 1.54) is 6.08 Å². The molecular weight excluding hydrogens is 206 g/mol. The van der Waals surface area contributed by atoms with Crippen LogP contribution in [-0.2, 0) is 9.59 Å². The Balaban J connectivity index is 4.11. The molecule has 0 aliphatic heterocycles. The minimum absolute atomic E-state index is 0.00248. The Morgan fingerprint density at radius 3 is 2.38 bits per heavy atom. The summed E-state index contributed by atoms with van der Waals surface area (Å²) in [5, 5.41) is 11.5. The van der Waals surface area contributed by atoms with Crippen molar-refractivity contribution in [3.05, 3.63) is 24.3 Å². The number of carbonyl (C=O) groups excluding carboxylic acids is 1. The van der Waals surface area contributed by atoms with Crippen LogP contribution in [0.2, 0.25) is 0 Å². The Hall–Kier alpha value is -1.58. The van der Waals surface area contributed by atoms with Gasteiger partial charge >= 0.3 is 5.97 Å². The van der Waals surface area contributed by atoms with Crippen molar-refractivity contribution in [3.63, 3.8) is 0 Å². The van der Waals surface area contributed by atoms with Gasteiger partial charge in [-0.3, -0.25) is 9.59 Å². The number of allylic oxidation sites excluding steroid dienone is 3. The highest BCUT2D eigenvalue weighted by Crippen LogP contribution is 2.09. The van der Waals surface area contributed by atoms with E-state index < -0.39 is 11.9 Å². The van der Waals surface area contributed by atoms with Gasteiger partial charge in [0, 0.05) is 12.6 Å². The Morgan fingerprint density at radius 1 is 1.31 bits per heavy atom. The number of carboxylic acids is 1. The standard InChI is InChI=1S/C12H19NO3/c1-4-5-6-7-11(14)13-8-10(9(2)3)12(15)16/h4-7,9-10H,8H2,1-3H3,(H,13,14)(H,15,16). The fourth-order valence-electron chi connectivity index (χ4n) is 1.13. The van der Waals surface area contributed by atoms with Crippen molar-refractivity contribution in [3.8, 4) is 0 Å². The van der Waals surface area contributed by atoms with Gasteiger partial charge in [0.1, 0.15) is 0 Å². The lowest BCUT2D eigenvalue weighted by Gasteiger charge is -2.15. The largest absolute Gasteiger partial charge is 0.481 e. The van der Waals surface area contributed by atoms with Gasteiger partial charge in [-0.25, -0.2) is 0 Å². The average Bonchev–Trinajstić information content (AvgIpc) is 2.17. The van der Waals surface area contributed by atoms with Crippen LogP contribution in [0, 0.1) is 11.8 Å². The van der Waals surface area contributed by atoms with Crippen LogP contribution in [0.15, 0.2) is 24.3 Å². The van der Waals surface area contributed by atoms with Crippen LogP contribution in [0.4, 0.5) is 0 Å². The summed E-state index contributed by atoms with van der Waals surface area (Å²) in [5.74, 6) is -1.70. The third kappa shape index (κ3) is 6.01. The molecule has 0 fully saturated rings. The molecule has 0 aromatic rings. The van der Waals surface area contributed by atoms with Crippen LogP contribution in [0.1, 0.15) is 20.8 Å². The number of nitrogens with one attached hydrogen (secondary N) is 1. The normalized spacial score (nSPS) is 13.5. The van der Waals surface area contributed by atoms with Crippen molar-refractivity contribution >= 4 is 11.9 Å². The third-order valence-electron chi connectivity index (χ3n) is 2.17. The predicted molar refractivity (Wildman–Crippen MR) is 62.9 cm³/mol. The minimum atomic E-state index is -0.882. The fraction of sp³-hybridized carbons (Fsp3) is 0.500. The topological polar surface area (TPSA) is 66.4 Å². The van der Waals surface area contributed by atoms with Crippen LogP contribution < -0.4 is 5.32 Å². The van der Waals surface area contributed by atoms with Crippen LogP contribution >= 0.6 is 0 Å². The summed E-state index contributed by atoms with van der Waals surface area (Å²) in [6.45, 7) is 5.65.